The molecule has 0 aliphatic carbocycles. The summed E-state index contributed by atoms with van der Waals surface area (Å²) in [7, 11) is 0. The second-order valence-corrected chi connectivity index (χ2v) is 6.97. The predicted octanol–water partition coefficient (Wildman–Crippen LogP) is 5.82. The molecule has 0 atom stereocenters. The van der Waals surface area contributed by atoms with Gasteiger partial charge in [-0.3, -0.25) is 4.98 Å². The summed E-state index contributed by atoms with van der Waals surface area (Å²) in [5.74, 6) is 0.613. The molecular weight excluding hydrogens is 292 g/mol. The lowest BCUT2D eigenvalue weighted by molar-refractivity contribution is 0.545. The summed E-state index contributed by atoms with van der Waals surface area (Å²) in [5, 5.41) is 2.63. The van der Waals surface area contributed by atoms with Gasteiger partial charge in [-0.1, -0.05) is 38.1 Å². The highest BCUT2D eigenvalue weighted by atomic mass is 15.0. The molecule has 0 spiro atoms. The molecule has 2 nitrogen and oxygen atoms in total. The van der Waals surface area contributed by atoms with Crippen LogP contribution < -0.4 is 0 Å². The van der Waals surface area contributed by atoms with Crippen LogP contribution in [0.2, 0.25) is 0 Å². The molecule has 0 aliphatic rings. The summed E-state index contributed by atoms with van der Waals surface area (Å²) in [4.78, 5) is 4.55. The van der Waals surface area contributed by atoms with E-state index in [1.807, 2.05) is 12.3 Å². The first kappa shape index (κ1) is 14.9. The molecule has 0 saturated heterocycles. The zero-order valence-electron chi connectivity index (χ0n) is 14.5. The summed E-state index contributed by atoms with van der Waals surface area (Å²) < 4.78 is 2.45. The maximum atomic E-state index is 4.55. The van der Waals surface area contributed by atoms with Crippen molar-refractivity contribution in [1.82, 2.24) is 9.55 Å². The van der Waals surface area contributed by atoms with Gasteiger partial charge in [0, 0.05) is 40.1 Å². The van der Waals surface area contributed by atoms with Crippen LogP contribution in [0.4, 0.5) is 0 Å². The minimum absolute atomic E-state index is 0.613. The van der Waals surface area contributed by atoms with Gasteiger partial charge >= 0.3 is 0 Å². The summed E-state index contributed by atoms with van der Waals surface area (Å²) in [5.41, 5.74) is 6.08. The van der Waals surface area contributed by atoms with Gasteiger partial charge in [0.2, 0.25) is 0 Å². The molecule has 0 unspecified atom stereocenters. The highest BCUT2D eigenvalue weighted by Gasteiger charge is 2.12. The second-order valence-electron chi connectivity index (χ2n) is 6.97. The monoisotopic (exact) mass is 314 g/mol. The van der Waals surface area contributed by atoms with E-state index in [2.05, 4.69) is 78.9 Å². The Hall–Kier alpha value is -2.61. The van der Waals surface area contributed by atoms with Gasteiger partial charge < -0.3 is 4.57 Å². The number of nitrogens with zero attached hydrogens (tertiary/aromatic N) is 2. The molecule has 0 aliphatic heterocycles. The largest absolute Gasteiger partial charge is 0.340 e. The van der Waals surface area contributed by atoms with Crippen molar-refractivity contribution in [3.8, 4) is 11.3 Å². The van der Waals surface area contributed by atoms with Crippen LogP contribution in [-0.2, 0) is 6.54 Å². The highest BCUT2D eigenvalue weighted by molar-refractivity contribution is 6.09. The number of para-hydroxylation sites is 1. The van der Waals surface area contributed by atoms with Crippen molar-refractivity contribution in [3.05, 3.63) is 66.4 Å². The normalized spacial score (nSPS) is 11.7. The van der Waals surface area contributed by atoms with Crippen LogP contribution in [-0.4, -0.2) is 9.55 Å². The van der Waals surface area contributed by atoms with Crippen molar-refractivity contribution < 1.29 is 0 Å². The number of hydrogen-bond acceptors (Lipinski definition) is 1. The Bertz CT molecular complexity index is 1020. The molecule has 0 saturated carbocycles. The minimum atomic E-state index is 0.613. The minimum Gasteiger partial charge on any atom is -0.340 e. The zero-order valence-corrected chi connectivity index (χ0v) is 14.5. The number of aryl methyl sites for hydroxylation is 1. The summed E-state index contributed by atoms with van der Waals surface area (Å²) in [6, 6.07) is 19.6. The fourth-order valence-corrected chi connectivity index (χ4v) is 3.47. The van der Waals surface area contributed by atoms with Crippen molar-refractivity contribution in [3.63, 3.8) is 0 Å². The maximum absolute atomic E-state index is 4.55. The number of rotatable bonds is 3. The van der Waals surface area contributed by atoms with Gasteiger partial charge in [0.25, 0.3) is 0 Å². The molecule has 2 aromatic heterocycles. The van der Waals surface area contributed by atoms with Gasteiger partial charge in [-0.25, -0.2) is 0 Å². The molecule has 4 rings (SSSR count). The van der Waals surface area contributed by atoms with Gasteiger partial charge in [-0.15, -0.1) is 0 Å². The van der Waals surface area contributed by atoms with Crippen LogP contribution in [0.1, 0.15) is 19.4 Å². The van der Waals surface area contributed by atoms with Gasteiger partial charge in [0.05, 0.1) is 5.69 Å². The molecular formula is C22H22N2. The van der Waals surface area contributed by atoms with Crippen LogP contribution in [0, 0.1) is 12.8 Å². The second kappa shape index (κ2) is 5.79. The third kappa shape index (κ3) is 2.48. The third-order valence-corrected chi connectivity index (χ3v) is 4.53. The number of pyridine rings is 1. The van der Waals surface area contributed by atoms with Crippen LogP contribution in [0.15, 0.2) is 60.8 Å². The molecule has 4 aromatic rings. The lowest BCUT2D eigenvalue weighted by atomic mass is 10.1. The van der Waals surface area contributed by atoms with Gasteiger partial charge in [-0.05, 0) is 48.7 Å². The molecule has 2 heterocycles. The van der Waals surface area contributed by atoms with E-state index in [4.69, 9.17) is 0 Å². The molecule has 24 heavy (non-hydrogen) atoms. The van der Waals surface area contributed by atoms with Gasteiger partial charge in [0.1, 0.15) is 0 Å². The molecule has 120 valence electrons. The Kier molecular flexibility index (Phi) is 3.61. The van der Waals surface area contributed by atoms with Crippen LogP contribution in [0.5, 0.6) is 0 Å². The summed E-state index contributed by atoms with van der Waals surface area (Å²) in [6.07, 6.45) is 1.89. The van der Waals surface area contributed by atoms with E-state index >= 15 is 0 Å². The lowest BCUT2D eigenvalue weighted by Crippen LogP contribution is -2.03. The fraction of sp³-hybridized carbons (Fsp3) is 0.227. The number of hydrogen-bond donors (Lipinski definition) is 0. The van der Waals surface area contributed by atoms with Crippen LogP contribution >= 0.6 is 0 Å². The van der Waals surface area contributed by atoms with E-state index in [0.717, 1.165) is 12.2 Å². The molecule has 2 aromatic carbocycles. The van der Waals surface area contributed by atoms with Gasteiger partial charge in [-0.2, -0.15) is 0 Å². The van der Waals surface area contributed by atoms with E-state index in [0.29, 0.717) is 5.92 Å². The molecule has 0 bridgehead atoms. The smallest absolute Gasteiger partial charge is 0.0704 e. The molecule has 0 amide bonds. The Morgan fingerprint density at radius 2 is 1.71 bits per heavy atom. The standard InChI is InChI=1S/C22H22N2/c1-15(2)14-24-21-7-5-4-6-18(21)19-13-17(8-9-22(19)24)20-12-16(3)10-11-23-20/h4-13,15H,14H2,1-3H3. The maximum Gasteiger partial charge on any atom is 0.0704 e. The molecule has 0 radical (unpaired) electrons. The van der Waals surface area contributed by atoms with E-state index in [1.165, 1.54) is 32.9 Å². The van der Waals surface area contributed by atoms with Crippen molar-refractivity contribution >= 4 is 21.8 Å². The Labute approximate surface area is 142 Å². The number of aromatic nitrogens is 2. The van der Waals surface area contributed by atoms with E-state index < -0.39 is 0 Å². The van der Waals surface area contributed by atoms with Crippen LogP contribution in [0.3, 0.4) is 0 Å². The Morgan fingerprint density at radius 1 is 0.917 bits per heavy atom. The van der Waals surface area contributed by atoms with Crippen LogP contribution in [0.25, 0.3) is 33.1 Å². The summed E-state index contributed by atoms with van der Waals surface area (Å²) >= 11 is 0. The van der Waals surface area contributed by atoms with Gasteiger partial charge in [0.15, 0.2) is 0 Å². The molecule has 0 N–H and O–H groups in total. The van der Waals surface area contributed by atoms with E-state index in [-0.39, 0.29) is 0 Å². The van der Waals surface area contributed by atoms with Crippen molar-refractivity contribution in [1.29, 1.82) is 0 Å². The van der Waals surface area contributed by atoms with Crippen molar-refractivity contribution in [2.24, 2.45) is 5.92 Å². The van der Waals surface area contributed by atoms with Crippen molar-refractivity contribution in [2.75, 3.05) is 0 Å². The first-order chi connectivity index (χ1) is 11.6. The third-order valence-electron chi connectivity index (χ3n) is 4.53. The topological polar surface area (TPSA) is 17.8 Å². The first-order valence-electron chi connectivity index (χ1n) is 8.57. The van der Waals surface area contributed by atoms with E-state index in [1.54, 1.807) is 0 Å². The first-order valence-corrected chi connectivity index (χ1v) is 8.57. The number of benzene rings is 2. The zero-order chi connectivity index (χ0) is 16.7. The SMILES string of the molecule is Cc1ccnc(-c2ccc3c(c2)c2ccccc2n3CC(C)C)c1. The summed E-state index contributed by atoms with van der Waals surface area (Å²) in [6.45, 7) is 7.68. The fourth-order valence-electron chi connectivity index (χ4n) is 3.47. The van der Waals surface area contributed by atoms with Crippen molar-refractivity contribution in [2.45, 2.75) is 27.3 Å². The quantitative estimate of drug-likeness (QED) is 0.466. The lowest BCUT2D eigenvalue weighted by Gasteiger charge is -2.10. The van der Waals surface area contributed by atoms with E-state index in [9.17, 15) is 0 Å². The predicted molar refractivity (Wildman–Crippen MR) is 102 cm³/mol. The Morgan fingerprint density at radius 3 is 2.50 bits per heavy atom. The molecule has 2 heteroatoms. The Balaban J connectivity index is 1.98. The highest BCUT2D eigenvalue weighted by Crippen LogP contribution is 2.32. The average Bonchev–Trinajstić information content (AvgIpc) is 2.88. The average molecular weight is 314 g/mol. The molecule has 0 fully saturated rings. The number of fused-ring (bicyclic) bond motifs is 3.